The van der Waals surface area contributed by atoms with E-state index in [0.717, 1.165) is 103 Å². The number of hydrogen-bond donors (Lipinski definition) is 2. The lowest BCUT2D eigenvalue weighted by atomic mass is 9.69. The summed E-state index contributed by atoms with van der Waals surface area (Å²) in [6.45, 7) is 17.3. The average Bonchev–Trinajstić information content (AvgIpc) is 2.22. The normalized spacial score (nSPS) is 16.3. The Kier molecular flexibility index (Phi) is 21.3. The Morgan fingerprint density at radius 3 is 1.64 bits per heavy atom. The number of aryl methyl sites for hydroxylation is 2. The van der Waals surface area contributed by atoms with Crippen LogP contribution in [-0.2, 0) is 47.1 Å². The standard InChI is InChI=1S/C29H39N5O5Si.C26H35N5O6SSi.C4H8O/c1-20-15-25(38-18-29(27(35)36)11-6-12-29)31-17-23(20)24-10-9-21(16-30-24)26-32-28(39-22-7-5-8-22)34(33-26)19-37-13-14-40(2,3)4;1-18-13-22(37-16-26(9-6-10-26)24(32)35-2)28-15-20(18)21-8-7-19(14-27-21)23-29-25(38(3,33)34)31(30-23)17-36-11-12-39(4)5;5-4-2-1-3-4/h9-10,15-17,22H,5-8,11-14,18-19H2,1-4H3,(H,35,36);7-8,13-15,39H,6,9-12,16-17H2,1-5H3;4-5H,1-3H2. The van der Waals surface area contributed by atoms with Crippen LogP contribution in [0.1, 0.15) is 88.2 Å². The summed E-state index contributed by atoms with van der Waals surface area (Å²) in [6.07, 6.45) is 19.3. The number of hydrogen-bond acceptors (Lipinski definition) is 19. The van der Waals surface area contributed by atoms with E-state index in [2.05, 4.69) is 72.8 Å². The van der Waals surface area contributed by atoms with Gasteiger partial charge in [0.25, 0.3) is 0 Å². The minimum atomic E-state index is -3.60. The number of carboxylic acids is 1. The van der Waals surface area contributed by atoms with Crippen LogP contribution in [0.5, 0.6) is 17.8 Å². The number of methoxy groups -OCH3 is 1. The molecule has 0 atom stereocenters. The van der Waals surface area contributed by atoms with Gasteiger partial charge in [-0.25, -0.2) is 23.1 Å². The zero-order valence-corrected chi connectivity index (χ0v) is 53.0. The average molecular weight is 1210 g/mol. The van der Waals surface area contributed by atoms with Gasteiger partial charge in [-0.05, 0) is 126 Å². The van der Waals surface area contributed by atoms with E-state index in [1.54, 1.807) is 35.5 Å². The fraction of sp³-hybridized carbons (Fsp3) is 0.559. The number of aliphatic hydroxyl groups excluding tert-OH is 1. The highest BCUT2D eigenvalue weighted by atomic mass is 32.2. The fourth-order valence-corrected chi connectivity index (χ4v) is 11.4. The molecule has 0 saturated heterocycles. The van der Waals surface area contributed by atoms with Gasteiger partial charge in [-0.1, -0.05) is 45.6 Å². The van der Waals surface area contributed by atoms with E-state index in [1.807, 2.05) is 44.2 Å². The van der Waals surface area contributed by atoms with Crippen LogP contribution in [0.2, 0.25) is 44.8 Å². The van der Waals surface area contributed by atoms with E-state index in [4.69, 9.17) is 33.5 Å². The van der Waals surface area contributed by atoms with Crippen molar-refractivity contribution in [2.45, 2.75) is 167 Å². The van der Waals surface area contributed by atoms with Gasteiger partial charge in [0, 0.05) is 95.5 Å². The second-order valence-electron chi connectivity index (χ2n) is 24.2. The van der Waals surface area contributed by atoms with Gasteiger partial charge in [0.2, 0.25) is 26.8 Å². The van der Waals surface area contributed by atoms with Crippen molar-refractivity contribution in [3.05, 3.63) is 72.3 Å². The molecule has 6 heterocycles. The van der Waals surface area contributed by atoms with Gasteiger partial charge >= 0.3 is 17.9 Å². The summed E-state index contributed by atoms with van der Waals surface area (Å²) in [7, 11) is -4.15. The minimum Gasteiger partial charge on any atom is -0.481 e. The van der Waals surface area contributed by atoms with E-state index in [9.17, 15) is 23.1 Å². The van der Waals surface area contributed by atoms with E-state index in [0.29, 0.717) is 67.6 Å². The number of carboxylic acid groups (broad SMARTS) is 1. The highest BCUT2D eigenvalue weighted by Crippen LogP contribution is 2.43. The lowest BCUT2D eigenvalue weighted by Gasteiger charge is -2.38. The molecule has 6 aromatic rings. The molecule has 0 aromatic carbocycles. The van der Waals surface area contributed by atoms with Crippen molar-refractivity contribution in [2.24, 2.45) is 10.8 Å². The molecule has 4 aliphatic carbocycles. The summed E-state index contributed by atoms with van der Waals surface area (Å²) < 4.78 is 61.8. The van der Waals surface area contributed by atoms with Crippen LogP contribution in [0, 0.1) is 24.7 Å². The van der Waals surface area contributed by atoms with E-state index in [1.165, 1.54) is 24.6 Å². The molecule has 22 nitrogen and oxygen atoms in total. The molecule has 0 amide bonds. The minimum absolute atomic E-state index is 0.0159. The van der Waals surface area contributed by atoms with Gasteiger partial charge in [0.15, 0.2) is 11.6 Å². The first kappa shape index (κ1) is 63.5. The molecule has 4 saturated carbocycles. The summed E-state index contributed by atoms with van der Waals surface area (Å²) >= 11 is 0. The van der Waals surface area contributed by atoms with Gasteiger partial charge in [0.1, 0.15) is 43.6 Å². The first-order valence-electron chi connectivity index (χ1n) is 29.1. The monoisotopic (exact) mass is 1210 g/mol. The Balaban J connectivity index is 0.000000202. The van der Waals surface area contributed by atoms with E-state index >= 15 is 0 Å². The fourth-order valence-electron chi connectivity index (χ4n) is 9.25. The van der Waals surface area contributed by atoms with E-state index in [-0.39, 0.29) is 49.1 Å². The number of sulfone groups is 1. The van der Waals surface area contributed by atoms with Crippen molar-refractivity contribution < 1.29 is 56.6 Å². The third-order valence-corrected chi connectivity index (χ3v) is 19.8. The largest absolute Gasteiger partial charge is 0.481 e. The third-order valence-electron chi connectivity index (χ3n) is 15.7. The number of rotatable bonds is 25. The first-order valence-corrected chi connectivity index (χ1v) is 37.8. The maximum atomic E-state index is 12.3. The number of carbonyl (C=O) groups is 2. The predicted molar refractivity (Wildman–Crippen MR) is 321 cm³/mol. The third kappa shape index (κ3) is 16.7. The summed E-state index contributed by atoms with van der Waals surface area (Å²) in [6, 6.07) is 13.7. The van der Waals surface area contributed by atoms with Crippen LogP contribution in [0.3, 0.4) is 0 Å². The second kappa shape index (κ2) is 28.1. The number of ether oxygens (including phenoxy) is 6. The number of nitrogens with zero attached hydrogens (tertiary/aromatic N) is 10. The topological polar surface area (TPSA) is 277 Å². The van der Waals surface area contributed by atoms with Crippen molar-refractivity contribution >= 4 is 38.6 Å². The van der Waals surface area contributed by atoms with Crippen molar-refractivity contribution in [1.29, 1.82) is 0 Å². The molecule has 0 bridgehead atoms. The Hall–Kier alpha value is -6.52. The van der Waals surface area contributed by atoms with Crippen LogP contribution >= 0.6 is 0 Å². The Labute approximate surface area is 495 Å². The maximum Gasteiger partial charge on any atom is 0.317 e. The Morgan fingerprint density at radius 1 is 0.714 bits per heavy atom. The number of aliphatic hydroxyl groups is 1. The lowest BCUT2D eigenvalue weighted by Crippen LogP contribution is -2.44. The van der Waals surface area contributed by atoms with Crippen LogP contribution in [0.15, 0.2) is 66.3 Å². The van der Waals surface area contributed by atoms with Crippen molar-refractivity contribution in [2.75, 3.05) is 39.8 Å². The van der Waals surface area contributed by atoms with Gasteiger partial charge in [0.05, 0.1) is 24.6 Å². The molecule has 0 unspecified atom stereocenters. The molecule has 4 fully saturated rings. The lowest BCUT2D eigenvalue weighted by molar-refractivity contribution is -0.161. The zero-order valence-electron chi connectivity index (χ0n) is 50.0. The Morgan fingerprint density at radius 2 is 1.23 bits per heavy atom. The van der Waals surface area contributed by atoms with Crippen molar-refractivity contribution in [3.63, 3.8) is 0 Å². The molecule has 454 valence electrons. The van der Waals surface area contributed by atoms with Gasteiger partial charge in [-0.2, -0.15) is 14.6 Å². The maximum absolute atomic E-state index is 12.3. The molecule has 10 rings (SSSR count). The molecule has 0 aliphatic heterocycles. The summed E-state index contributed by atoms with van der Waals surface area (Å²) in [5, 5.41) is 26.9. The number of aromatic nitrogens is 10. The highest BCUT2D eigenvalue weighted by Gasteiger charge is 2.47. The number of aliphatic carboxylic acids is 1. The van der Waals surface area contributed by atoms with E-state index < -0.39 is 43.5 Å². The summed E-state index contributed by atoms with van der Waals surface area (Å²) in [4.78, 5) is 50.7. The van der Waals surface area contributed by atoms with Crippen molar-refractivity contribution in [1.82, 2.24) is 49.5 Å². The molecule has 2 N–H and O–H groups in total. The molecule has 4 aliphatic rings. The molecular formula is C59H82N10O12SSi2. The quantitative estimate of drug-likeness (QED) is 0.0307. The Bertz CT molecular complexity index is 3290. The van der Waals surface area contributed by atoms with Crippen LogP contribution < -0.4 is 14.2 Å². The molecule has 0 spiro atoms. The molecule has 0 radical (unpaired) electrons. The summed E-state index contributed by atoms with van der Waals surface area (Å²) in [5.41, 5.74) is 4.99. The second-order valence-corrected chi connectivity index (χ2v) is 35.1. The summed E-state index contributed by atoms with van der Waals surface area (Å²) in [5.74, 6) is 0.617. The zero-order chi connectivity index (χ0) is 60.2. The van der Waals surface area contributed by atoms with Crippen molar-refractivity contribution in [3.8, 4) is 63.1 Å². The van der Waals surface area contributed by atoms with Gasteiger partial charge < -0.3 is 38.6 Å². The highest BCUT2D eigenvalue weighted by molar-refractivity contribution is 7.90. The number of carbonyl (C=O) groups excluding carboxylic acids is 1. The van der Waals surface area contributed by atoms with Gasteiger partial charge in [-0.3, -0.25) is 19.6 Å². The van der Waals surface area contributed by atoms with Crippen LogP contribution in [0.25, 0.3) is 45.3 Å². The predicted octanol–water partition coefficient (Wildman–Crippen LogP) is 9.42. The molecule has 6 aromatic heterocycles. The van der Waals surface area contributed by atoms with Crippen LogP contribution in [0.4, 0.5) is 0 Å². The number of esters is 1. The SMILES string of the molecule is COC(=O)C1(COc2cc(C)c(-c3ccc(-c4nc(S(C)(=O)=O)n(COCC[SiH](C)C)n4)cn3)cn2)CCC1.Cc1cc(OCC2(C(=O)O)CCC2)ncc1-c1ccc(-c2nc(OC3CCC3)n(COCC[Si](C)(C)C)n2)cn1.OC1CCC1. The number of pyridine rings is 4. The first-order chi connectivity index (χ1) is 40.0. The molecule has 84 heavy (non-hydrogen) atoms. The molecular weight excluding hydrogens is 1130 g/mol. The smallest absolute Gasteiger partial charge is 0.317 e. The molecule has 25 heteroatoms. The van der Waals surface area contributed by atoms with Crippen LogP contribution in [-0.4, -0.2) is 149 Å². The van der Waals surface area contributed by atoms with Gasteiger partial charge in [-0.15, -0.1) is 10.2 Å².